The maximum atomic E-state index is 12.9. The van der Waals surface area contributed by atoms with Crippen molar-refractivity contribution < 1.29 is 9.53 Å². The molecule has 1 atom stereocenters. The Kier molecular flexibility index (Phi) is 8.72. The maximum absolute atomic E-state index is 12.9. The summed E-state index contributed by atoms with van der Waals surface area (Å²) in [5.74, 6) is -0.213. The predicted octanol–water partition coefficient (Wildman–Crippen LogP) is 4.03. The molecule has 1 amide bonds. The van der Waals surface area contributed by atoms with Gasteiger partial charge in [-0.1, -0.05) is 83.4 Å². The molecule has 1 fully saturated rings. The predicted molar refractivity (Wildman–Crippen MR) is 147 cm³/mol. The molecular formula is C28H30ClN7O2. The van der Waals surface area contributed by atoms with Gasteiger partial charge in [0.2, 0.25) is 0 Å². The van der Waals surface area contributed by atoms with Crippen LogP contribution < -0.4 is 5.32 Å². The normalized spacial score (nSPS) is 15.3. The molecule has 1 aliphatic heterocycles. The second kappa shape index (κ2) is 12.7. The Morgan fingerprint density at radius 3 is 2.39 bits per heavy atom. The minimum absolute atomic E-state index is 0.119. The summed E-state index contributed by atoms with van der Waals surface area (Å²) in [4.78, 5) is 17.7. The zero-order valence-electron chi connectivity index (χ0n) is 21.0. The Labute approximate surface area is 226 Å². The van der Waals surface area contributed by atoms with Gasteiger partial charge in [0, 0.05) is 44.3 Å². The highest BCUT2D eigenvalue weighted by molar-refractivity contribution is 6.30. The van der Waals surface area contributed by atoms with E-state index < -0.39 is 6.10 Å². The number of hydrogen-bond acceptors (Lipinski definition) is 7. The van der Waals surface area contributed by atoms with Crippen LogP contribution in [0.15, 0.2) is 78.9 Å². The van der Waals surface area contributed by atoms with Crippen molar-refractivity contribution in [1.29, 1.82) is 0 Å². The van der Waals surface area contributed by atoms with Crippen LogP contribution in [0.3, 0.4) is 0 Å². The summed E-state index contributed by atoms with van der Waals surface area (Å²) in [7, 11) is 0. The Hall–Kier alpha value is -3.63. The Bertz CT molecular complexity index is 1290. The van der Waals surface area contributed by atoms with E-state index in [2.05, 4.69) is 72.1 Å². The summed E-state index contributed by atoms with van der Waals surface area (Å²) in [6.07, 6.45) is -0.764. The van der Waals surface area contributed by atoms with Gasteiger partial charge in [0.15, 0.2) is 6.10 Å². The van der Waals surface area contributed by atoms with Crippen LogP contribution in [-0.2, 0) is 16.1 Å². The molecule has 38 heavy (non-hydrogen) atoms. The molecule has 0 saturated carbocycles. The van der Waals surface area contributed by atoms with E-state index in [1.165, 1.54) is 16.7 Å². The zero-order chi connectivity index (χ0) is 26.2. The van der Waals surface area contributed by atoms with Crippen LogP contribution in [0.25, 0.3) is 11.1 Å². The van der Waals surface area contributed by atoms with E-state index in [1.54, 1.807) is 0 Å². The van der Waals surface area contributed by atoms with Crippen LogP contribution in [0, 0.1) is 0 Å². The number of hydrogen-bond donors (Lipinski definition) is 2. The van der Waals surface area contributed by atoms with Crippen molar-refractivity contribution in [2.24, 2.45) is 0 Å². The van der Waals surface area contributed by atoms with Crippen molar-refractivity contribution in [3.63, 3.8) is 0 Å². The van der Waals surface area contributed by atoms with Gasteiger partial charge in [-0.15, -0.1) is 5.10 Å². The van der Waals surface area contributed by atoms with Gasteiger partial charge < -0.3 is 4.74 Å². The number of amides is 1. The maximum Gasteiger partial charge on any atom is 0.269 e. The largest absolute Gasteiger partial charge is 0.362 e. The number of rotatable bonds is 10. The molecule has 0 radical (unpaired) electrons. The molecule has 1 unspecified atom stereocenters. The number of H-pyrrole nitrogens is 1. The van der Waals surface area contributed by atoms with Gasteiger partial charge in [-0.05, 0) is 39.6 Å². The molecule has 1 aliphatic rings. The first-order chi connectivity index (χ1) is 18.7. The average Bonchev–Trinajstić information content (AvgIpc) is 3.46. The van der Waals surface area contributed by atoms with Crippen molar-refractivity contribution in [2.45, 2.75) is 12.6 Å². The molecule has 0 spiro atoms. The SMILES string of the molecule is O=C(Nc1nn[nH]n1)C(OCCN1CCN(Cc2ccccc2-c2ccc(Cl)cc2)CC1)c1ccccc1. The Balaban J connectivity index is 1.12. The first kappa shape index (κ1) is 26.0. The fourth-order valence-corrected chi connectivity index (χ4v) is 4.75. The number of aromatic nitrogens is 4. The number of nitrogens with one attached hydrogen (secondary N) is 2. The first-order valence-corrected chi connectivity index (χ1v) is 13.0. The van der Waals surface area contributed by atoms with Crippen LogP contribution in [-0.4, -0.2) is 75.7 Å². The molecule has 1 aromatic heterocycles. The van der Waals surface area contributed by atoms with Gasteiger partial charge >= 0.3 is 0 Å². The lowest BCUT2D eigenvalue weighted by Gasteiger charge is -2.35. The van der Waals surface area contributed by atoms with Crippen LogP contribution in [0.2, 0.25) is 5.02 Å². The van der Waals surface area contributed by atoms with Gasteiger partial charge in [-0.2, -0.15) is 5.21 Å². The summed E-state index contributed by atoms with van der Waals surface area (Å²) in [6, 6.07) is 26.0. The highest BCUT2D eigenvalue weighted by atomic mass is 35.5. The lowest BCUT2D eigenvalue weighted by molar-refractivity contribution is -0.128. The van der Waals surface area contributed by atoms with Gasteiger partial charge in [-0.25, -0.2) is 0 Å². The van der Waals surface area contributed by atoms with Crippen molar-refractivity contribution in [3.8, 4) is 11.1 Å². The Morgan fingerprint density at radius 1 is 0.947 bits per heavy atom. The number of tetrazole rings is 1. The summed E-state index contributed by atoms with van der Waals surface area (Å²) in [5.41, 5.74) is 4.51. The number of aromatic amines is 1. The molecule has 196 valence electrons. The van der Waals surface area contributed by atoms with E-state index >= 15 is 0 Å². The lowest BCUT2D eigenvalue weighted by Crippen LogP contribution is -2.47. The number of carbonyl (C=O) groups excluding carboxylic acids is 1. The molecule has 3 aromatic carbocycles. The zero-order valence-corrected chi connectivity index (χ0v) is 21.7. The fraction of sp³-hybridized carbons (Fsp3) is 0.286. The van der Waals surface area contributed by atoms with E-state index in [0.717, 1.165) is 49.9 Å². The van der Waals surface area contributed by atoms with Crippen molar-refractivity contribution >= 4 is 23.5 Å². The Morgan fingerprint density at radius 2 is 1.66 bits per heavy atom. The fourth-order valence-electron chi connectivity index (χ4n) is 4.62. The molecule has 5 rings (SSSR count). The number of halogens is 1. The van der Waals surface area contributed by atoms with Crippen molar-refractivity contribution in [1.82, 2.24) is 30.4 Å². The quantitative estimate of drug-likeness (QED) is 0.318. The van der Waals surface area contributed by atoms with Gasteiger partial charge in [0.25, 0.3) is 11.9 Å². The third kappa shape index (κ3) is 6.81. The van der Waals surface area contributed by atoms with Crippen molar-refractivity contribution in [2.75, 3.05) is 44.6 Å². The van der Waals surface area contributed by atoms with E-state index in [-0.39, 0.29) is 11.9 Å². The van der Waals surface area contributed by atoms with E-state index in [0.29, 0.717) is 6.61 Å². The average molecular weight is 532 g/mol. The molecule has 4 aromatic rings. The molecule has 0 aliphatic carbocycles. The van der Waals surface area contributed by atoms with Gasteiger partial charge in [0.05, 0.1) is 6.61 Å². The second-order valence-corrected chi connectivity index (χ2v) is 9.60. The molecule has 1 saturated heterocycles. The second-order valence-electron chi connectivity index (χ2n) is 9.17. The minimum atomic E-state index is -0.764. The number of ether oxygens (including phenoxy) is 1. The number of anilines is 1. The topological polar surface area (TPSA) is 99.3 Å². The van der Waals surface area contributed by atoms with Crippen molar-refractivity contribution in [3.05, 3.63) is 95.0 Å². The highest BCUT2D eigenvalue weighted by Gasteiger charge is 2.24. The van der Waals surface area contributed by atoms with E-state index in [9.17, 15) is 4.79 Å². The smallest absolute Gasteiger partial charge is 0.269 e. The molecular weight excluding hydrogens is 502 g/mol. The molecule has 9 nitrogen and oxygen atoms in total. The summed E-state index contributed by atoms with van der Waals surface area (Å²) in [5, 5.41) is 16.8. The van der Waals surface area contributed by atoms with Gasteiger partial charge in [-0.3, -0.25) is 19.9 Å². The van der Waals surface area contributed by atoms with Crippen LogP contribution in [0.5, 0.6) is 0 Å². The number of carbonyl (C=O) groups is 1. The summed E-state index contributed by atoms with van der Waals surface area (Å²) >= 11 is 6.09. The summed E-state index contributed by atoms with van der Waals surface area (Å²) in [6.45, 7) is 5.89. The number of piperazine rings is 1. The van der Waals surface area contributed by atoms with E-state index in [4.69, 9.17) is 16.3 Å². The van der Waals surface area contributed by atoms with E-state index in [1.807, 2.05) is 42.5 Å². The molecule has 2 heterocycles. The third-order valence-electron chi connectivity index (χ3n) is 6.64. The standard InChI is InChI=1S/C28H30ClN7O2/c29-24-12-10-21(11-13-24)25-9-5-4-8-23(25)20-36-16-14-35(15-17-36)18-19-38-26(22-6-2-1-3-7-22)27(37)30-28-31-33-34-32-28/h1-13,26H,14-20H2,(H2,30,31,32,33,34,37). The highest BCUT2D eigenvalue weighted by Crippen LogP contribution is 2.26. The molecule has 2 N–H and O–H groups in total. The minimum Gasteiger partial charge on any atom is -0.362 e. The first-order valence-electron chi connectivity index (χ1n) is 12.6. The van der Waals surface area contributed by atoms with Gasteiger partial charge in [0.1, 0.15) is 0 Å². The third-order valence-corrected chi connectivity index (χ3v) is 6.90. The molecule has 10 heteroatoms. The van der Waals surface area contributed by atoms with Crippen LogP contribution >= 0.6 is 11.6 Å². The monoisotopic (exact) mass is 531 g/mol. The van der Waals surface area contributed by atoms with Crippen LogP contribution in [0.4, 0.5) is 5.95 Å². The molecule has 0 bridgehead atoms. The summed E-state index contributed by atoms with van der Waals surface area (Å²) < 4.78 is 6.07. The number of nitrogens with zero attached hydrogens (tertiary/aromatic N) is 5. The number of benzene rings is 3. The lowest BCUT2D eigenvalue weighted by atomic mass is 9.99. The van der Waals surface area contributed by atoms with Crippen LogP contribution in [0.1, 0.15) is 17.2 Å².